The van der Waals surface area contributed by atoms with Gasteiger partial charge in [-0.3, -0.25) is 9.69 Å². The fourth-order valence-electron chi connectivity index (χ4n) is 4.06. The van der Waals surface area contributed by atoms with E-state index < -0.39 is 17.6 Å². The summed E-state index contributed by atoms with van der Waals surface area (Å²) < 4.78 is 41.5. The maximum Gasteiger partial charge on any atom is 0.416 e. The second-order valence-electron chi connectivity index (χ2n) is 8.24. The molecule has 0 unspecified atom stereocenters. The van der Waals surface area contributed by atoms with Crippen LogP contribution in [0.3, 0.4) is 0 Å². The Morgan fingerprint density at radius 2 is 2.00 bits per heavy atom. The molecule has 1 aliphatic heterocycles. The number of nitrogens with one attached hydrogen (secondary N) is 2. The summed E-state index contributed by atoms with van der Waals surface area (Å²) in [6.07, 6.45) is -1.40. The van der Waals surface area contributed by atoms with E-state index >= 15 is 0 Å². The van der Waals surface area contributed by atoms with Crippen molar-refractivity contribution in [2.75, 3.05) is 16.8 Å². The Morgan fingerprint density at radius 1 is 1.23 bits per heavy atom. The lowest BCUT2D eigenvalue weighted by Gasteiger charge is -2.39. The molecule has 1 amide bonds. The van der Waals surface area contributed by atoms with Gasteiger partial charge < -0.3 is 10.6 Å². The minimum atomic E-state index is -4.53. The molecular weight excluding hydrogens is 393 g/mol. The Bertz CT molecular complexity index is 969. The Kier molecular flexibility index (Phi) is 5.22. The molecule has 0 radical (unpaired) electrons. The molecule has 1 saturated carbocycles. The summed E-state index contributed by atoms with van der Waals surface area (Å²) in [4.78, 5) is 18.7. The number of alkyl halides is 3. The van der Waals surface area contributed by atoms with Gasteiger partial charge in [0, 0.05) is 24.2 Å². The van der Waals surface area contributed by atoms with Crippen molar-refractivity contribution in [3.8, 4) is 0 Å². The van der Waals surface area contributed by atoms with Crippen molar-refractivity contribution in [1.82, 2.24) is 10.3 Å². The Hall–Kier alpha value is -2.61. The minimum absolute atomic E-state index is 0.0155. The largest absolute Gasteiger partial charge is 0.416 e. The van der Waals surface area contributed by atoms with E-state index in [9.17, 15) is 18.0 Å². The fourth-order valence-corrected chi connectivity index (χ4v) is 4.06. The van der Waals surface area contributed by atoms with E-state index in [1.54, 1.807) is 24.3 Å². The molecule has 2 N–H and O–H groups in total. The van der Waals surface area contributed by atoms with Crippen LogP contribution < -0.4 is 15.5 Å². The Labute approximate surface area is 173 Å². The summed E-state index contributed by atoms with van der Waals surface area (Å²) in [5.74, 6) is 0.464. The average molecular weight is 418 g/mol. The normalized spacial score (nSPS) is 17.6. The molecule has 1 aromatic heterocycles. The lowest BCUT2D eigenvalue weighted by atomic mass is 9.78. The Morgan fingerprint density at radius 3 is 2.63 bits per heavy atom. The third kappa shape index (κ3) is 3.88. The summed E-state index contributed by atoms with van der Waals surface area (Å²) in [6, 6.07) is 7.89. The van der Waals surface area contributed by atoms with Crippen LogP contribution in [0.2, 0.25) is 0 Å². The van der Waals surface area contributed by atoms with Crippen LogP contribution >= 0.6 is 0 Å². The summed E-state index contributed by atoms with van der Waals surface area (Å²) in [6.45, 7) is 4.80. The maximum absolute atomic E-state index is 13.8. The lowest BCUT2D eigenvalue weighted by Crippen LogP contribution is -2.47. The molecule has 30 heavy (non-hydrogen) atoms. The standard InChI is InChI=1S/C22H25F3N4O/c1-3-26-18-6-4-7-19(28-18)29-13-16-15(20(29)30)10-14(11-17(16)22(23,24)25)12-27-21(2)8-5-9-21/h4,6-7,10-11,27H,3,5,8-9,12-13H2,1-2H3,(H,26,28). The second-order valence-corrected chi connectivity index (χ2v) is 8.24. The van der Waals surface area contributed by atoms with Crippen molar-refractivity contribution in [3.05, 3.63) is 52.6 Å². The van der Waals surface area contributed by atoms with Gasteiger partial charge in [-0.1, -0.05) is 6.07 Å². The van der Waals surface area contributed by atoms with Gasteiger partial charge in [-0.05, 0) is 68.5 Å². The van der Waals surface area contributed by atoms with Crippen LogP contribution in [0.1, 0.15) is 60.2 Å². The number of anilines is 2. The molecule has 160 valence electrons. The number of halogens is 3. The second kappa shape index (κ2) is 7.58. The van der Waals surface area contributed by atoms with E-state index in [1.807, 2.05) is 6.92 Å². The highest BCUT2D eigenvalue weighted by atomic mass is 19.4. The fraction of sp³-hybridized carbons (Fsp3) is 0.455. The maximum atomic E-state index is 13.8. The number of fused-ring (bicyclic) bond motifs is 1. The number of carbonyl (C=O) groups is 1. The number of amides is 1. The zero-order valence-electron chi connectivity index (χ0n) is 17.1. The highest BCUT2D eigenvalue weighted by Crippen LogP contribution is 2.39. The van der Waals surface area contributed by atoms with Gasteiger partial charge in [0.1, 0.15) is 11.6 Å². The zero-order chi connectivity index (χ0) is 21.5. The van der Waals surface area contributed by atoms with Gasteiger partial charge in [-0.2, -0.15) is 13.2 Å². The van der Waals surface area contributed by atoms with Gasteiger partial charge in [0.2, 0.25) is 0 Å². The highest BCUT2D eigenvalue weighted by Gasteiger charge is 2.41. The number of rotatable bonds is 6. The van der Waals surface area contributed by atoms with Crippen molar-refractivity contribution >= 4 is 17.5 Å². The molecule has 2 aromatic rings. The van der Waals surface area contributed by atoms with Crippen LogP contribution in [0.4, 0.5) is 24.8 Å². The Balaban J connectivity index is 1.67. The first kappa shape index (κ1) is 20.7. The van der Waals surface area contributed by atoms with E-state index in [-0.39, 0.29) is 23.2 Å². The molecular formula is C22H25F3N4O. The summed E-state index contributed by atoms with van der Waals surface area (Å²) in [7, 11) is 0. The SMILES string of the molecule is CCNc1cccc(N2Cc3c(cc(CNC4(C)CCC4)cc3C(F)(F)F)C2=O)n1. The molecule has 0 atom stereocenters. The van der Waals surface area contributed by atoms with Gasteiger partial charge in [0.25, 0.3) is 5.91 Å². The predicted octanol–water partition coefficient (Wildman–Crippen LogP) is 4.72. The number of hydrogen-bond donors (Lipinski definition) is 2. The number of pyridine rings is 1. The topological polar surface area (TPSA) is 57.3 Å². The molecule has 1 fully saturated rings. The number of aromatic nitrogens is 1. The minimum Gasteiger partial charge on any atom is -0.370 e. The molecule has 8 heteroatoms. The van der Waals surface area contributed by atoms with Gasteiger partial charge in [-0.15, -0.1) is 0 Å². The summed E-state index contributed by atoms with van der Waals surface area (Å²) in [5.41, 5.74) is -0.185. The highest BCUT2D eigenvalue weighted by molar-refractivity contribution is 6.10. The molecule has 1 aliphatic carbocycles. The summed E-state index contributed by atoms with van der Waals surface area (Å²) in [5, 5.41) is 6.40. The number of benzene rings is 1. The van der Waals surface area contributed by atoms with Gasteiger partial charge in [0.15, 0.2) is 0 Å². The van der Waals surface area contributed by atoms with Crippen molar-refractivity contribution < 1.29 is 18.0 Å². The monoisotopic (exact) mass is 418 g/mol. The van der Waals surface area contributed by atoms with Crippen LogP contribution in [0.5, 0.6) is 0 Å². The van der Waals surface area contributed by atoms with Crippen molar-refractivity contribution in [2.45, 2.75) is 57.9 Å². The van der Waals surface area contributed by atoms with Gasteiger partial charge in [-0.25, -0.2) is 4.98 Å². The van der Waals surface area contributed by atoms with Crippen molar-refractivity contribution in [2.24, 2.45) is 0 Å². The summed E-state index contributed by atoms with van der Waals surface area (Å²) >= 11 is 0. The van der Waals surface area contributed by atoms with Gasteiger partial charge >= 0.3 is 6.18 Å². The number of hydrogen-bond acceptors (Lipinski definition) is 4. The molecule has 1 aromatic carbocycles. The molecule has 0 spiro atoms. The van der Waals surface area contributed by atoms with E-state index in [0.717, 1.165) is 19.3 Å². The van der Waals surface area contributed by atoms with Crippen LogP contribution in [-0.2, 0) is 19.3 Å². The van der Waals surface area contributed by atoms with Crippen LogP contribution in [-0.4, -0.2) is 23.0 Å². The third-order valence-corrected chi connectivity index (χ3v) is 5.95. The van der Waals surface area contributed by atoms with Crippen LogP contribution in [0.15, 0.2) is 30.3 Å². The molecule has 4 rings (SSSR count). The van der Waals surface area contributed by atoms with E-state index in [4.69, 9.17) is 0 Å². The number of nitrogens with zero attached hydrogens (tertiary/aromatic N) is 2. The smallest absolute Gasteiger partial charge is 0.370 e. The van der Waals surface area contributed by atoms with Gasteiger partial charge in [0.05, 0.1) is 12.1 Å². The number of carbonyl (C=O) groups excluding carboxylic acids is 1. The quantitative estimate of drug-likeness (QED) is 0.713. The molecule has 0 bridgehead atoms. The van der Waals surface area contributed by atoms with E-state index in [2.05, 4.69) is 22.5 Å². The van der Waals surface area contributed by atoms with Crippen LogP contribution in [0, 0.1) is 0 Å². The first-order valence-corrected chi connectivity index (χ1v) is 10.2. The lowest BCUT2D eigenvalue weighted by molar-refractivity contribution is -0.138. The molecule has 0 saturated heterocycles. The first-order chi connectivity index (χ1) is 14.2. The zero-order valence-corrected chi connectivity index (χ0v) is 17.1. The molecule has 5 nitrogen and oxygen atoms in total. The third-order valence-electron chi connectivity index (χ3n) is 5.95. The molecule has 2 heterocycles. The predicted molar refractivity (Wildman–Crippen MR) is 109 cm³/mol. The van der Waals surface area contributed by atoms with Crippen molar-refractivity contribution in [3.63, 3.8) is 0 Å². The van der Waals surface area contributed by atoms with E-state index in [0.29, 0.717) is 30.3 Å². The average Bonchev–Trinajstić information content (AvgIpc) is 3.01. The molecule has 2 aliphatic rings. The van der Waals surface area contributed by atoms with E-state index in [1.165, 1.54) is 11.0 Å². The van der Waals surface area contributed by atoms with Crippen molar-refractivity contribution in [1.29, 1.82) is 0 Å². The first-order valence-electron chi connectivity index (χ1n) is 10.2. The van der Waals surface area contributed by atoms with Crippen LogP contribution in [0.25, 0.3) is 0 Å².